The van der Waals surface area contributed by atoms with Crippen LogP contribution in [0.1, 0.15) is 77.8 Å². The number of anilines is 2. The molecule has 2 amide bonds. The van der Waals surface area contributed by atoms with E-state index in [0.29, 0.717) is 32.1 Å². The molecular formula is C36H46N6O4. The van der Waals surface area contributed by atoms with E-state index in [1.807, 2.05) is 64.8 Å². The molecule has 4 heterocycles. The van der Waals surface area contributed by atoms with Crippen molar-refractivity contribution >= 4 is 50.9 Å². The third kappa shape index (κ3) is 6.72. The molecule has 0 radical (unpaired) electrons. The van der Waals surface area contributed by atoms with Crippen LogP contribution in [0.2, 0.25) is 0 Å². The largest absolute Gasteiger partial charge is 0.444 e. The minimum Gasteiger partial charge on any atom is -0.444 e. The van der Waals surface area contributed by atoms with Crippen LogP contribution >= 0.6 is 0 Å². The van der Waals surface area contributed by atoms with Gasteiger partial charge in [-0.1, -0.05) is 6.08 Å². The molecule has 0 aliphatic carbocycles. The van der Waals surface area contributed by atoms with E-state index in [9.17, 15) is 9.59 Å². The van der Waals surface area contributed by atoms with E-state index in [-0.39, 0.29) is 12.2 Å². The quantitative estimate of drug-likeness (QED) is 0.157. The lowest BCUT2D eigenvalue weighted by Gasteiger charge is -2.33. The van der Waals surface area contributed by atoms with Crippen molar-refractivity contribution in [3.8, 4) is 0 Å². The van der Waals surface area contributed by atoms with E-state index in [0.717, 1.165) is 58.0 Å². The van der Waals surface area contributed by atoms with Crippen molar-refractivity contribution in [2.45, 2.75) is 77.9 Å². The number of aromatic nitrogens is 2. The normalized spacial score (nSPS) is 16.5. The summed E-state index contributed by atoms with van der Waals surface area (Å²) in [5.74, 6) is 7.11. The third-order valence-electron chi connectivity index (χ3n) is 8.71. The number of H-pyrrole nitrogens is 2. The standard InChI is InChI=1S/C36H46N6O4/c1-35(2,3)45-33(43)40-15-11-23(12-16-40)29-21-38-31-9-7-25(19-27(29)31)42(37)26-8-10-32-28(20-26)30(22-39-32)24-13-17-41(18-14-24)34(44)46-36(4,5)6/h7-11,19-22,24,38-39H,12-18,37H2,1-6H3. The Kier molecular flexibility index (Phi) is 8.27. The first-order chi connectivity index (χ1) is 21.8. The molecule has 0 spiro atoms. The molecule has 244 valence electrons. The van der Waals surface area contributed by atoms with Crippen molar-refractivity contribution in [2.24, 2.45) is 5.84 Å². The van der Waals surface area contributed by atoms with E-state index in [2.05, 4.69) is 46.5 Å². The second kappa shape index (κ2) is 12.1. The maximum absolute atomic E-state index is 12.6. The van der Waals surface area contributed by atoms with Crippen LogP contribution in [0.5, 0.6) is 0 Å². The zero-order chi connectivity index (χ0) is 32.8. The van der Waals surface area contributed by atoms with Crippen LogP contribution in [0.3, 0.4) is 0 Å². The first-order valence-electron chi connectivity index (χ1n) is 16.2. The second-order valence-corrected chi connectivity index (χ2v) is 14.4. The number of piperidine rings is 1. The smallest absolute Gasteiger partial charge is 0.410 e. The number of aromatic amines is 2. The first-order valence-corrected chi connectivity index (χ1v) is 16.2. The summed E-state index contributed by atoms with van der Waals surface area (Å²) in [7, 11) is 0. The van der Waals surface area contributed by atoms with Gasteiger partial charge in [0.15, 0.2) is 0 Å². The highest BCUT2D eigenvalue weighted by Crippen LogP contribution is 2.37. The summed E-state index contributed by atoms with van der Waals surface area (Å²) in [6.45, 7) is 13.8. The lowest BCUT2D eigenvalue weighted by Crippen LogP contribution is -2.41. The number of hydrogen-bond acceptors (Lipinski definition) is 6. The Balaban J connectivity index is 1.19. The van der Waals surface area contributed by atoms with Gasteiger partial charge in [0.2, 0.25) is 0 Å². The van der Waals surface area contributed by atoms with Crippen molar-refractivity contribution in [1.29, 1.82) is 0 Å². The van der Waals surface area contributed by atoms with Gasteiger partial charge in [-0.25, -0.2) is 15.4 Å². The highest BCUT2D eigenvalue weighted by Gasteiger charge is 2.29. The summed E-state index contributed by atoms with van der Waals surface area (Å²) < 4.78 is 11.1. The fourth-order valence-corrected chi connectivity index (χ4v) is 6.40. The number of hydrogen-bond donors (Lipinski definition) is 3. The predicted molar refractivity (Wildman–Crippen MR) is 183 cm³/mol. The molecule has 2 aromatic heterocycles. The fourth-order valence-electron chi connectivity index (χ4n) is 6.40. The third-order valence-corrected chi connectivity index (χ3v) is 8.71. The minimum atomic E-state index is -0.517. The van der Waals surface area contributed by atoms with Gasteiger partial charge in [0, 0.05) is 65.9 Å². The van der Waals surface area contributed by atoms with E-state index < -0.39 is 11.2 Å². The van der Waals surface area contributed by atoms with Gasteiger partial charge >= 0.3 is 12.2 Å². The number of hydrazine groups is 1. The molecule has 0 saturated carbocycles. The topological polar surface area (TPSA) is 120 Å². The SMILES string of the molecule is CC(C)(C)OC(=O)N1CC=C(c2c[nH]c3ccc(N(N)c4ccc5[nH]cc(C6CCN(C(=O)OC(C)(C)C)CC6)c5c4)cc23)CC1. The van der Waals surface area contributed by atoms with Gasteiger partial charge in [0.25, 0.3) is 0 Å². The molecule has 0 bridgehead atoms. The van der Waals surface area contributed by atoms with Crippen LogP contribution in [-0.4, -0.2) is 69.3 Å². The number of nitrogens with one attached hydrogen (secondary N) is 2. The number of ether oxygens (including phenoxy) is 2. The molecule has 0 atom stereocenters. The molecule has 10 heteroatoms. The number of carbonyl (C=O) groups excluding carboxylic acids is 2. The van der Waals surface area contributed by atoms with Crippen molar-refractivity contribution in [3.05, 3.63) is 66.0 Å². The second-order valence-electron chi connectivity index (χ2n) is 14.4. The zero-order valence-electron chi connectivity index (χ0n) is 27.8. The first kappa shape index (κ1) is 31.5. The van der Waals surface area contributed by atoms with Gasteiger partial charge in [0.05, 0.1) is 11.4 Å². The summed E-state index contributed by atoms with van der Waals surface area (Å²) in [5, 5.41) is 3.97. The van der Waals surface area contributed by atoms with Gasteiger partial charge in [-0.3, -0.25) is 5.01 Å². The van der Waals surface area contributed by atoms with Crippen LogP contribution in [0.15, 0.2) is 54.9 Å². The van der Waals surface area contributed by atoms with Crippen LogP contribution in [0, 0.1) is 0 Å². The van der Waals surface area contributed by atoms with Crippen LogP contribution in [0.4, 0.5) is 21.0 Å². The Labute approximate surface area is 270 Å². The Morgan fingerprint density at radius 1 is 0.804 bits per heavy atom. The molecule has 2 aliphatic heterocycles. The lowest BCUT2D eigenvalue weighted by molar-refractivity contribution is 0.0203. The maximum atomic E-state index is 12.6. The Bertz CT molecular complexity index is 1780. The number of fused-ring (bicyclic) bond motifs is 2. The van der Waals surface area contributed by atoms with Crippen molar-refractivity contribution in [3.63, 3.8) is 0 Å². The monoisotopic (exact) mass is 626 g/mol. The van der Waals surface area contributed by atoms with Crippen molar-refractivity contribution in [2.75, 3.05) is 31.2 Å². The molecule has 2 aliphatic rings. The van der Waals surface area contributed by atoms with Gasteiger partial charge < -0.3 is 29.2 Å². The Morgan fingerprint density at radius 2 is 1.37 bits per heavy atom. The number of amides is 2. The van der Waals surface area contributed by atoms with Crippen molar-refractivity contribution in [1.82, 2.24) is 19.8 Å². The molecule has 1 fully saturated rings. The van der Waals surface area contributed by atoms with Gasteiger partial charge in [-0.15, -0.1) is 0 Å². The summed E-state index contributed by atoms with van der Waals surface area (Å²) >= 11 is 0. The molecule has 0 unspecified atom stereocenters. The summed E-state index contributed by atoms with van der Waals surface area (Å²) in [6.07, 6.45) is 8.23. The number of benzene rings is 2. The number of likely N-dealkylation sites (tertiary alicyclic amines) is 1. The number of nitrogens with two attached hydrogens (primary N) is 1. The highest BCUT2D eigenvalue weighted by molar-refractivity contribution is 5.96. The molecule has 4 aromatic rings. The van der Waals surface area contributed by atoms with Gasteiger partial charge in [-0.2, -0.15) is 0 Å². The highest BCUT2D eigenvalue weighted by atomic mass is 16.6. The van der Waals surface area contributed by atoms with E-state index in [4.69, 9.17) is 15.3 Å². The Morgan fingerprint density at radius 3 is 1.96 bits per heavy atom. The number of rotatable bonds is 4. The van der Waals surface area contributed by atoms with Gasteiger partial charge in [-0.05, 0) is 114 Å². The van der Waals surface area contributed by atoms with Crippen LogP contribution < -0.4 is 10.9 Å². The molecular weight excluding hydrogens is 580 g/mol. The minimum absolute atomic E-state index is 0.240. The van der Waals surface area contributed by atoms with Gasteiger partial charge in [0.1, 0.15) is 11.2 Å². The van der Waals surface area contributed by atoms with Crippen LogP contribution in [-0.2, 0) is 9.47 Å². The average molecular weight is 627 g/mol. The average Bonchev–Trinajstić information content (AvgIpc) is 3.63. The maximum Gasteiger partial charge on any atom is 0.410 e. The number of carbonyl (C=O) groups is 2. The number of nitrogens with zero attached hydrogens (tertiary/aromatic N) is 3. The molecule has 2 aromatic carbocycles. The molecule has 4 N–H and O–H groups in total. The fraction of sp³-hybridized carbons (Fsp3) is 0.444. The lowest BCUT2D eigenvalue weighted by atomic mass is 9.89. The molecule has 10 nitrogen and oxygen atoms in total. The summed E-state index contributed by atoms with van der Waals surface area (Å²) in [5.41, 5.74) is 6.42. The summed E-state index contributed by atoms with van der Waals surface area (Å²) in [6, 6.07) is 12.5. The predicted octanol–water partition coefficient (Wildman–Crippen LogP) is 7.80. The van der Waals surface area contributed by atoms with E-state index >= 15 is 0 Å². The molecule has 6 rings (SSSR count). The van der Waals surface area contributed by atoms with E-state index in [1.54, 1.807) is 9.91 Å². The molecule has 46 heavy (non-hydrogen) atoms. The zero-order valence-corrected chi connectivity index (χ0v) is 27.8. The summed E-state index contributed by atoms with van der Waals surface area (Å²) in [4.78, 5) is 35.5. The Hall–Kier alpha value is -4.44. The van der Waals surface area contributed by atoms with Crippen LogP contribution in [0.25, 0.3) is 27.4 Å². The van der Waals surface area contributed by atoms with Crippen molar-refractivity contribution < 1.29 is 19.1 Å². The van der Waals surface area contributed by atoms with E-state index in [1.165, 1.54) is 11.1 Å². The molecule has 1 saturated heterocycles.